The summed E-state index contributed by atoms with van der Waals surface area (Å²) in [5.41, 5.74) is 21.7. The average Bonchev–Trinajstić information content (AvgIpc) is 4.37. The summed E-state index contributed by atoms with van der Waals surface area (Å²) in [6.45, 7) is 0. The Labute approximate surface area is 461 Å². The van der Waals surface area contributed by atoms with E-state index in [1.54, 1.807) is 0 Å². The third-order valence-corrected chi connectivity index (χ3v) is 16.2. The van der Waals surface area contributed by atoms with Crippen LogP contribution in [0.5, 0.6) is 0 Å². The van der Waals surface area contributed by atoms with Gasteiger partial charge in [0, 0.05) is 65.9 Å². The van der Waals surface area contributed by atoms with Crippen LogP contribution in [-0.2, 0) is 0 Å². The zero-order chi connectivity index (χ0) is 52.7. The lowest BCUT2D eigenvalue weighted by molar-refractivity contribution is 0.669. The molecule has 0 aliphatic carbocycles. The first-order valence-electron chi connectivity index (χ1n) is 27.3. The van der Waals surface area contributed by atoms with Crippen molar-refractivity contribution in [2.75, 3.05) is 4.90 Å². The van der Waals surface area contributed by atoms with Crippen LogP contribution < -0.4 is 4.90 Å². The Bertz CT molecular complexity index is 4810. The lowest BCUT2D eigenvalue weighted by Gasteiger charge is -2.27. The van der Waals surface area contributed by atoms with Crippen LogP contribution in [0.3, 0.4) is 0 Å². The summed E-state index contributed by atoms with van der Waals surface area (Å²) in [5.74, 6) is 0. The molecule has 3 heterocycles. The van der Waals surface area contributed by atoms with E-state index in [0.29, 0.717) is 0 Å². The fourth-order valence-electron chi connectivity index (χ4n) is 12.3. The van der Waals surface area contributed by atoms with Gasteiger partial charge in [-0.05, 0) is 129 Å². The van der Waals surface area contributed by atoms with Crippen LogP contribution >= 0.6 is 0 Å². The third kappa shape index (κ3) is 7.53. The average molecular weight is 1020 g/mol. The number of aromatic nitrogens is 1. The Morgan fingerprint density at radius 2 is 0.662 bits per heavy atom. The van der Waals surface area contributed by atoms with Gasteiger partial charge in [-0.2, -0.15) is 0 Å². The predicted molar refractivity (Wildman–Crippen MR) is 335 cm³/mol. The number of hydrogen-bond donors (Lipinski definition) is 0. The molecule has 0 unspecified atom stereocenters. The minimum Gasteiger partial charge on any atom is -0.455 e. The number of benzene rings is 13. The maximum atomic E-state index is 6.45. The highest BCUT2D eigenvalue weighted by Gasteiger charge is 2.19. The molecule has 13 aromatic carbocycles. The smallest absolute Gasteiger partial charge is 0.143 e. The largest absolute Gasteiger partial charge is 0.455 e. The first kappa shape index (κ1) is 45.5. The van der Waals surface area contributed by atoms with Crippen molar-refractivity contribution in [2.24, 2.45) is 0 Å². The van der Waals surface area contributed by atoms with E-state index in [-0.39, 0.29) is 0 Å². The van der Waals surface area contributed by atoms with Crippen molar-refractivity contribution < 1.29 is 8.83 Å². The molecule has 0 fully saturated rings. The van der Waals surface area contributed by atoms with Crippen LogP contribution in [0.2, 0.25) is 0 Å². The SMILES string of the molecule is c1ccc(N(c2ccc(-c3ccc(-n4c5ccc(-c6ccc(-c7cccc8c7oc7ccccc78)cc6)cc5c5cc(-c6ccc(-c7cccc8c7oc7ccccc78)cc6)ccc54)cc3)cc2)c2cccc3ccccc23)cc1. The molecule has 0 saturated heterocycles. The van der Waals surface area contributed by atoms with E-state index in [4.69, 9.17) is 8.83 Å². The number of hydrogen-bond acceptors (Lipinski definition) is 3. The molecule has 0 N–H and O–H groups in total. The van der Waals surface area contributed by atoms with Crippen LogP contribution in [0.4, 0.5) is 17.1 Å². The molecular formula is C76H48N2O2. The fraction of sp³-hybridized carbons (Fsp3) is 0. The van der Waals surface area contributed by atoms with E-state index < -0.39 is 0 Å². The van der Waals surface area contributed by atoms with Crippen molar-refractivity contribution in [1.82, 2.24) is 4.57 Å². The molecular weight excluding hydrogens is 973 g/mol. The summed E-state index contributed by atoms with van der Waals surface area (Å²) in [7, 11) is 0. The van der Waals surface area contributed by atoms with Crippen LogP contribution in [0.15, 0.2) is 300 Å². The molecule has 16 aromatic rings. The summed E-state index contributed by atoms with van der Waals surface area (Å²) in [4.78, 5) is 2.35. The zero-order valence-corrected chi connectivity index (χ0v) is 43.4. The number of para-hydroxylation sites is 5. The predicted octanol–water partition coefficient (Wildman–Crippen LogP) is 21.5. The molecule has 3 aromatic heterocycles. The first-order chi connectivity index (χ1) is 39.6. The first-order valence-corrected chi connectivity index (χ1v) is 27.3. The van der Waals surface area contributed by atoms with Gasteiger partial charge < -0.3 is 18.3 Å². The molecule has 4 nitrogen and oxygen atoms in total. The summed E-state index contributed by atoms with van der Waals surface area (Å²) in [6, 6.07) is 105. The van der Waals surface area contributed by atoms with Crippen molar-refractivity contribution in [3.8, 4) is 61.3 Å². The highest BCUT2D eigenvalue weighted by molar-refractivity contribution is 6.13. The molecule has 0 bridgehead atoms. The van der Waals surface area contributed by atoms with Gasteiger partial charge in [0.05, 0.1) is 16.7 Å². The van der Waals surface area contributed by atoms with Gasteiger partial charge in [-0.3, -0.25) is 0 Å². The minimum absolute atomic E-state index is 0.904. The number of fused-ring (bicyclic) bond motifs is 10. The summed E-state index contributed by atoms with van der Waals surface area (Å²) >= 11 is 0. The summed E-state index contributed by atoms with van der Waals surface area (Å²) < 4.78 is 15.3. The second-order valence-corrected chi connectivity index (χ2v) is 20.8. The summed E-state index contributed by atoms with van der Waals surface area (Å²) in [6.07, 6.45) is 0. The van der Waals surface area contributed by atoms with Gasteiger partial charge in [0.15, 0.2) is 0 Å². The van der Waals surface area contributed by atoms with Crippen molar-refractivity contribution in [1.29, 1.82) is 0 Å². The van der Waals surface area contributed by atoms with Crippen LogP contribution in [0, 0.1) is 0 Å². The van der Waals surface area contributed by atoms with Crippen LogP contribution in [0.25, 0.3) is 138 Å². The van der Waals surface area contributed by atoms with E-state index in [1.807, 2.05) is 24.3 Å². The number of nitrogens with zero attached hydrogens (tertiary/aromatic N) is 2. The molecule has 16 rings (SSSR count). The topological polar surface area (TPSA) is 34.5 Å². The quantitative estimate of drug-likeness (QED) is 0.144. The highest BCUT2D eigenvalue weighted by atomic mass is 16.3. The maximum Gasteiger partial charge on any atom is 0.143 e. The standard InChI is InChI=1S/C76H48N2O2/c1-2-15-58(16-3-1)77(70-24-10-14-53-13-4-5-17-61(53)70)59-41-35-49(36-42-59)50-37-43-60(44-38-50)78-71-45-39-56(51-27-31-54(32-28-51)62-20-11-22-66-64-18-6-8-25-73(64)79-75(62)66)47-68(71)69-48-57(40-46-72(69)78)52-29-33-55(34-30-52)63-21-12-23-67-65-19-7-9-26-74(65)80-76(63)67/h1-48H. The molecule has 0 aliphatic rings. The number of anilines is 3. The Morgan fingerprint density at radius 1 is 0.263 bits per heavy atom. The Hall–Kier alpha value is -10.7. The van der Waals surface area contributed by atoms with Crippen molar-refractivity contribution in [3.63, 3.8) is 0 Å². The highest BCUT2D eigenvalue weighted by Crippen LogP contribution is 2.43. The molecule has 80 heavy (non-hydrogen) atoms. The molecule has 4 heteroatoms. The van der Waals surface area contributed by atoms with Gasteiger partial charge in [-0.15, -0.1) is 0 Å². The number of furan rings is 2. The molecule has 374 valence electrons. The van der Waals surface area contributed by atoms with Crippen molar-refractivity contribution >= 4 is 93.5 Å². The van der Waals surface area contributed by atoms with E-state index in [2.05, 4.69) is 276 Å². The van der Waals surface area contributed by atoms with Crippen molar-refractivity contribution in [3.05, 3.63) is 291 Å². The van der Waals surface area contributed by atoms with Gasteiger partial charge in [0.2, 0.25) is 0 Å². The van der Waals surface area contributed by atoms with Crippen molar-refractivity contribution in [2.45, 2.75) is 0 Å². The van der Waals surface area contributed by atoms with Gasteiger partial charge in [-0.25, -0.2) is 0 Å². The second-order valence-electron chi connectivity index (χ2n) is 20.8. The molecule has 0 aliphatic heterocycles. The number of rotatable bonds is 9. The Kier molecular flexibility index (Phi) is 10.5. The Balaban J connectivity index is 0.770. The van der Waals surface area contributed by atoms with E-state index >= 15 is 0 Å². The van der Waals surface area contributed by atoms with Gasteiger partial charge >= 0.3 is 0 Å². The third-order valence-electron chi connectivity index (χ3n) is 16.2. The minimum atomic E-state index is 0.904. The maximum absolute atomic E-state index is 6.45. The summed E-state index contributed by atoms with van der Waals surface area (Å²) in [5, 5.41) is 9.34. The lowest BCUT2D eigenvalue weighted by Crippen LogP contribution is -2.10. The molecule has 0 saturated carbocycles. The van der Waals surface area contributed by atoms with Crippen LogP contribution in [-0.4, -0.2) is 4.57 Å². The molecule has 0 radical (unpaired) electrons. The van der Waals surface area contributed by atoms with E-state index in [1.165, 1.54) is 21.5 Å². The van der Waals surface area contributed by atoms with Gasteiger partial charge in [-0.1, -0.05) is 212 Å². The van der Waals surface area contributed by atoms with Gasteiger partial charge in [0.1, 0.15) is 22.3 Å². The van der Waals surface area contributed by atoms with Gasteiger partial charge in [0.25, 0.3) is 0 Å². The normalized spacial score (nSPS) is 11.8. The zero-order valence-electron chi connectivity index (χ0n) is 43.4. The molecule has 0 amide bonds. The lowest BCUT2D eigenvalue weighted by atomic mass is 9.97. The van der Waals surface area contributed by atoms with E-state index in [0.717, 1.165) is 133 Å². The monoisotopic (exact) mass is 1020 g/mol. The second kappa shape index (κ2) is 18.5. The molecule has 0 spiro atoms. The fourth-order valence-corrected chi connectivity index (χ4v) is 12.3. The molecule has 0 atom stereocenters. The Morgan fingerprint density at radius 3 is 1.23 bits per heavy atom. The van der Waals surface area contributed by atoms with Crippen LogP contribution in [0.1, 0.15) is 0 Å². The van der Waals surface area contributed by atoms with E-state index in [9.17, 15) is 0 Å².